The second kappa shape index (κ2) is 2.03. The molecule has 0 amide bonds. The van der Waals surface area contributed by atoms with Gasteiger partial charge in [-0.15, -0.1) is 12.6 Å². The van der Waals surface area contributed by atoms with Gasteiger partial charge >= 0.3 is 0 Å². The van der Waals surface area contributed by atoms with E-state index in [4.69, 9.17) is 0 Å². The van der Waals surface area contributed by atoms with Gasteiger partial charge in [0.15, 0.2) is 0 Å². The molecular formula is C9H10S. The van der Waals surface area contributed by atoms with Gasteiger partial charge in [-0.3, -0.25) is 0 Å². The van der Waals surface area contributed by atoms with Gasteiger partial charge in [0.2, 0.25) is 0 Å². The topological polar surface area (TPSA) is 0 Å². The van der Waals surface area contributed by atoms with Crippen molar-refractivity contribution in [3.8, 4) is 0 Å². The van der Waals surface area contributed by atoms with E-state index in [1.165, 1.54) is 29.5 Å². The minimum atomic E-state index is 1.14. The molecule has 0 aliphatic heterocycles. The summed E-state index contributed by atoms with van der Waals surface area (Å²) in [6, 6.07) is 4.44. The Kier molecular flexibility index (Phi) is 1.27. The van der Waals surface area contributed by atoms with Crippen LogP contribution in [0.4, 0.5) is 0 Å². The first-order valence-electron chi connectivity index (χ1n) is 3.59. The number of hydrogen-bond donors (Lipinski definition) is 1. The molecule has 0 radical (unpaired) electrons. The van der Waals surface area contributed by atoms with E-state index in [2.05, 4.69) is 31.7 Å². The summed E-state index contributed by atoms with van der Waals surface area (Å²) < 4.78 is 0. The minimum Gasteiger partial charge on any atom is -0.143 e. The molecule has 10 heavy (non-hydrogen) atoms. The largest absolute Gasteiger partial charge is 0.143 e. The summed E-state index contributed by atoms with van der Waals surface area (Å²) in [5.41, 5.74) is 4.33. The molecule has 0 spiro atoms. The highest BCUT2D eigenvalue weighted by Crippen LogP contribution is 2.27. The maximum Gasteiger partial charge on any atom is 0.00721 e. The first kappa shape index (κ1) is 6.29. The molecule has 2 rings (SSSR count). The van der Waals surface area contributed by atoms with Crippen molar-refractivity contribution in [2.45, 2.75) is 24.7 Å². The number of thiol groups is 1. The van der Waals surface area contributed by atoms with Crippen molar-refractivity contribution < 1.29 is 0 Å². The number of rotatable bonds is 0. The lowest BCUT2D eigenvalue weighted by Gasteiger charge is -2.19. The molecule has 0 fully saturated rings. The molecule has 1 aromatic rings. The monoisotopic (exact) mass is 150 g/mol. The van der Waals surface area contributed by atoms with Crippen LogP contribution in [0.1, 0.15) is 16.7 Å². The molecule has 0 saturated heterocycles. The Hall–Kier alpha value is -0.430. The molecule has 0 atom stereocenters. The molecule has 0 saturated carbocycles. The van der Waals surface area contributed by atoms with Crippen LogP contribution in [0, 0.1) is 6.92 Å². The van der Waals surface area contributed by atoms with E-state index in [0.29, 0.717) is 0 Å². The number of benzene rings is 1. The van der Waals surface area contributed by atoms with Gasteiger partial charge in [-0.05, 0) is 42.5 Å². The second-order valence-electron chi connectivity index (χ2n) is 2.91. The quantitative estimate of drug-likeness (QED) is 0.539. The zero-order chi connectivity index (χ0) is 7.14. The predicted molar refractivity (Wildman–Crippen MR) is 45.8 cm³/mol. The summed E-state index contributed by atoms with van der Waals surface area (Å²) in [4.78, 5) is 1.14. The summed E-state index contributed by atoms with van der Waals surface area (Å²) in [6.07, 6.45) is 2.52. The summed E-state index contributed by atoms with van der Waals surface area (Å²) in [5.74, 6) is 0. The molecule has 0 nitrogen and oxygen atoms in total. The van der Waals surface area contributed by atoms with E-state index in [1.807, 2.05) is 0 Å². The van der Waals surface area contributed by atoms with Gasteiger partial charge in [-0.2, -0.15) is 0 Å². The molecule has 52 valence electrons. The van der Waals surface area contributed by atoms with Crippen molar-refractivity contribution in [2.75, 3.05) is 0 Å². The molecule has 0 N–H and O–H groups in total. The van der Waals surface area contributed by atoms with Gasteiger partial charge in [0.1, 0.15) is 0 Å². The van der Waals surface area contributed by atoms with E-state index in [-0.39, 0.29) is 0 Å². The fourth-order valence-corrected chi connectivity index (χ4v) is 1.58. The minimum absolute atomic E-state index is 1.14. The van der Waals surface area contributed by atoms with Crippen molar-refractivity contribution in [3.63, 3.8) is 0 Å². The van der Waals surface area contributed by atoms with Crippen LogP contribution in [0.5, 0.6) is 0 Å². The molecule has 1 aliphatic carbocycles. The molecular weight excluding hydrogens is 140 g/mol. The van der Waals surface area contributed by atoms with Gasteiger partial charge in [-0.25, -0.2) is 0 Å². The Bertz CT molecular complexity index is 236. The van der Waals surface area contributed by atoms with Crippen LogP contribution in [0.3, 0.4) is 0 Å². The van der Waals surface area contributed by atoms with Crippen molar-refractivity contribution >= 4 is 12.6 Å². The van der Waals surface area contributed by atoms with Crippen molar-refractivity contribution in [2.24, 2.45) is 0 Å². The van der Waals surface area contributed by atoms with Crippen LogP contribution in [0.15, 0.2) is 17.0 Å². The summed E-state index contributed by atoms with van der Waals surface area (Å²) in [5, 5.41) is 0. The normalized spacial score (nSPS) is 14.2. The first-order chi connectivity index (χ1) is 4.77. The third kappa shape index (κ3) is 0.772. The molecule has 0 unspecified atom stereocenters. The summed E-state index contributed by atoms with van der Waals surface area (Å²) in [7, 11) is 0. The number of aryl methyl sites for hydroxylation is 3. The molecule has 0 heterocycles. The van der Waals surface area contributed by atoms with Crippen molar-refractivity contribution in [1.82, 2.24) is 0 Å². The van der Waals surface area contributed by atoms with Gasteiger partial charge < -0.3 is 0 Å². The Morgan fingerprint density at radius 2 is 1.80 bits per heavy atom. The Balaban J connectivity index is 2.60. The van der Waals surface area contributed by atoms with Gasteiger partial charge in [0.05, 0.1) is 0 Å². The van der Waals surface area contributed by atoms with E-state index >= 15 is 0 Å². The third-order valence-corrected chi connectivity index (χ3v) is 2.66. The highest BCUT2D eigenvalue weighted by Gasteiger charge is 2.13. The number of fused-ring (bicyclic) bond motifs is 1. The maximum absolute atomic E-state index is 4.35. The lowest BCUT2D eigenvalue weighted by molar-refractivity contribution is 0.828. The summed E-state index contributed by atoms with van der Waals surface area (Å²) in [6.45, 7) is 2.11. The SMILES string of the molecule is Cc1cc2c(cc1S)CC2. The van der Waals surface area contributed by atoms with Crippen molar-refractivity contribution in [1.29, 1.82) is 0 Å². The highest BCUT2D eigenvalue weighted by atomic mass is 32.1. The van der Waals surface area contributed by atoms with E-state index in [1.54, 1.807) is 0 Å². The van der Waals surface area contributed by atoms with Gasteiger partial charge in [0, 0.05) is 4.90 Å². The van der Waals surface area contributed by atoms with E-state index < -0.39 is 0 Å². The molecule has 1 heteroatoms. The van der Waals surface area contributed by atoms with Crippen LogP contribution >= 0.6 is 12.6 Å². The predicted octanol–water partition coefficient (Wildman–Crippen LogP) is 2.38. The second-order valence-corrected chi connectivity index (χ2v) is 3.39. The zero-order valence-corrected chi connectivity index (χ0v) is 6.91. The molecule has 0 bridgehead atoms. The average molecular weight is 150 g/mol. The smallest absolute Gasteiger partial charge is 0.00721 e. The van der Waals surface area contributed by atoms with Crippen LogP contribution in [-0.2, 0) is 12.8 Å². The fraction of sp³-hybridized carbons (Fsp3) is 0.333. The Labute approximate surface area is 66.7 Å². The van der Waals surface area contributed by atoms with Gasteiger partial charge in [0.25, 0.3) is 0 Å². The first-order valence-corrected chi connectivity index (χ1v) is 4.03. The van der Waals surface area contributed by atoms with E-state index in [9.17, 15) is 0 Å². The Morgan fingerprint density at radius 1 is 1.20 bits per heavy atom. The lowest BCUT2D eigenvalue weighted by atomic mass is 9.87. The third-order valence-electron chi connectivity index (χ3n) is 2.18. The lowest BCUT2D eigenvalue weighted by Crippen LogP contribution is -2.08. The zero-order valence-electron chi connectivity index (χ0n) is 6.02. The number of hydrogen-bond acceptors (Lipinski definition) is 1. The van der Waals surface area contributed by atoms with Crippen LogP contribution < -0.4 is 0 Å². The van der Waals surface area contributed by atoms with E-state index in [0.717, 1.165) is 4.90 Å². The molecule has 1 aromatic carbocycles. The average Bonchev–Trinajstić information content (AvgIpc) is 1.89. The van der Waals surface area contributed by atoms with Crippen molar-refractivity contribution in [3.05, 3.63) is 28.8 Å². The maximum atomic E-state index is 4.35. The summed E-state index contributed by atoms with van der Waals surface area (Å²) >= 11 is 4.35. The Morgan fingerprint density at radius 3 is 2.30 bits per heavy atom. The van der Waals surface area contributed by atoms with Crippen LogP contribution in [-0.4, -0.2) is 0 Å². The highest BCUT2D eigenvalue weighted by molar-refractivity contribution is 7.80. The molecule has 0 aromatic heterocycles. The van der Waals surface area contributed by atoms with Crippen LogP contribution in [0.25, 0.3) is 0 Å². The fourth-order valence-electron chi connectivity index (χ4n) is 1.36. The van der Waals surface area contributed by atoms with Gasteiger partial charge in [-0.1, -0.05) is 6.07 Å². The molecule has 1 aliphatic rings. The standard InChI is InChI=1S/C9H10S/c1-6-4-7-2-3-8(7)5-9(6)10/h4-5,10H,2-3H2,1H3. The van der Waals surface area contributed by atoms with Crippen LogP contribution in [0.2, 0.25) is 0 Å².